The predicted molar refractivity (Wildman–Crippen MR) is 62.2 cm³/mol. The fourth-order valence-electron chi connectivity index (χ4n) is 4.94. The van der Waals surface area contributed by atoms with Gasteiger partial charge < -0.3 is 9.47 Å². The predicted octanol–water partition coefficient (Wildman–Crippen LogP) is 2.16. The van der Waals surface area contributed by atoms with Gasteiger partial charge in [0.25, 0.3) is 0 Å². The van der Waals surface area contributed by atoms with E-state index in [1.165, 1.54) is 0 Å². The van der Waals surface area contributed by atoms with Gasteiger partial charge in [-0.2, -0.15) is 20.5 Å². The van der Waals surface area contributed by atoms with Gasteiger partial charge in [0.05, 0.1) is 11.1 Å². The van der Waals surface area contributed by atoms with Gasteiger partial charge >= 0.3 is 0 Å². The number of hydrogen-bond acceptors (Lipinski definition) is 6. The van der Waals surface area contributed by atoms with Crippen molar-refractivity contribution in [2.24, 2.45) is 32.3 Å². The molecule has 6 nitrogen and oxygen atoms in total. The first kappa shape index (κ1) is 11.0. The second-order valence-corrected chi connectivity index (χ2v) is 6.52. The lowest BCUT2D eigenvalue weighted by Gasteiger charge is -2.28. The Labute approximate surface area is 106 Å². The number of azo groups is 2. The second kappa shape index (κ2) is 2.67. The molecule has 0 aromatic carbocycles. The Morgan fingerprint density at radius 2 is 1.17 bits per heavy atom. The third-order valence-corrected chi connectivity index (χ3v) is 5.47. The molecule has 0 saturated heterocycles. The average molecular weight is 250 g/mol. The molecular weight excluding hydrogens is 232 g/mol. The van der Waals surface area contributed by atoms with Gasteiger partial charge in [0.1, 0.15) is 0 Å². The molecule has 0 N–H and O–H groups in total. The van der Waals surface area contributed by atoms with Crippen molar-refractivity contribution < 1.29 is 9.47 Å². The molecule has 0 bridgehead atoms. The van der Waals surface area contributed by atoms with E-state index in [1.54, 1.807) is 14.2 Å². The molecule has 0 spiro atoms. The molecule has 0 aromatic rings. The van der Waals surface area contributed by atoms with Gasteiger partial charge in [-0.1, -0.05) is 0 Å². The Balaban J connectivity index is 1.95. The lowest BCUT2D eigenvalue weighted by atomic mass is 9.81. The molecule has 6 atom stereocenters. The fourth-order valence-corrected chi connectivity index (χ4v) is 4.94. The van der Waals surface area contributed by atoms with Crippen LogP contribution in [0, 0.1) is 11.8 Å². The monoisotopic (exact) mass is 250 g/mol. The lowest BCUT2D eigenvalue weighted by Crippen LogP contribution is -2.40. The first-order valence-corrected chi connectivity index (χ1v) is 6.42. The molecular formula is C12H18N4O2. The molecule has 2 saturated carbocycles. The maximum atomic E-state index is 5.76. The Morgan fingerprint density at radius 1 is 0.778 bits per heavy atom. The van der Waals surface area contributed by atoms with Gasteiger partial charge in [0.15, 0.2) is 11.4 Å². The summed E-state index contributed by atoms with van der Waals surface area (Å²) in [6.07, 6.45) is 1.50. The molecule has 2 fully saturated rings. The number of nitrogens with zero attached hydrogens (tertiary/aromatic N) is 4. The highest BCUT2D eigenvalue weighted by atomic mass is 16.5. The molecule has 98 valence electrons. The van der Waals surface area contributed by atoms with Gasteiger partial charge in [0, 0.05) is 38.9 Å². The minimum absolute atomic E-state index is 0.218. The molecule has 2 heterocycles. The quantitative estimate of drug-likeness (QED) is 0.753. The van der Waals surface area contributed by atoms with Crippen molar-refractivity contribution in [1.29, 1.82) is 0 Å². The molecule has 4 aliphatic rings. The van der Waals surface area contributed by atoms with Crippen molar-refractivity contribution in [3.63, 3.8) is 0 Å². The Bertz CT molecular complexity index is 450. The zero-order chi connectivity index (χ0) is 12.8. The summed E-state index contributed by atoms with van der Waals surface area (Å²) in [6, 6.07) is 0. The summed E-state index contributed by atoms with van der Waals surface area (Å²) in [5.41, 5.74) is -1.50. The van der Waals surface area contributed by atoms with Crippen molar-refractivity contribution >= 4 is 0 Å². The number of ether oxygens (including phenoxy) is 2. The van der Waals surface area contributed by atoms with Gasteiger partial charge in [-0.25, -0.2) is 0 Å². The van der Waals surface area contributed by atoms with Crippen LogP contribution >= 0.6 is 0 Å². The maximum absolute atomic E-state index is 5.76. The Hall–Kier alpha value is -0.880. The molecule has 0 unspecified atom stereocenters. The summed E-state index contributed by atoms with van der Waals surface area (Å²) in [4.78, 5) is 0. The molecule has 2 aliphatic carbocycles. The highest BCUT2D eigenvalue weighted by Crippen LogP contribution is 2.71. The van der Waals surface area contributed by atoms with Crippen LogP contribution in [0.4, 0.5) is 0 Å². The van der Waals surface area contributed by atoms with Crippen molar-refractivity contribution in [3.8, 4) is 0 Å². The molecule has 0 radical (unpaired) electrons. The summed E-state index contributed by atoms with van der Waals surface area (Å²) in [7, 11) is 3.44. The van der Waals surface area contributed by atoms with Crippen LogP contribution in [0.5, 0.6) is 0 Å². The first-order chi connectivity index (χ1) is 8.44. The van der Waals surface area contributed by atoms with Crippen LogP contribution in [0.2, 0.25) is 0 Å². The van der Waals surface area contributed by atoms with Crippen LogP contribution in [0.3, 0.4) is 0 Å². The van der Waals surface area contributed by atoms with Gasteiger partial charge in [-0.15, -0.1) is 0 Å². The third-order valence-electron chi connectivity index (χ3n) is 5.47. The summed E-state index contributed by atoms with van der Waals surface area (Å²) < 4.78 is 11.5. The minimum Gasteiger partial charge on any atom is -0.355 e. The summed E-state index contributed by atoms with van der Waals surface area (Å²) in [5.74, 6) is 0.435. The maximum Gasteiger partial charge on any atom is 0.186 e. The highest BCUT2D eigenvalue weighted by Gasteiger charge is 2.81. The van der Waals surface area contributed by atoms with Crippen LogP contribution < -0.4 is 0 Å². The highest BCUT2D eigenvalue weighted by molar-refractivity contribution is 5.31. The van der Waals surface area contributed by atoms with Crippen LogP contribution in [-0.4, -0.2) is 36.7 Å². The largest absolute Gasteiger partial charge is 0.355 e. The minimum atomic E-state index is -0.520. The van der Waals surface area contributed by atoms with E-state index in [4.69, 9.17) is 9.47 Å². The van der Waals surface area contributed by atoms with E-state index in [0.29, 0.717) is 0 Å². The summed E-state index contributed by atoms with van der Waals surface area (Å²) in [5, 5.41) is 18.0. The smallest absolute Gasteiger partial charge is 0.186 e. The number of rotatable bonds is 2. The fraction of sp³-hybridized carbons (Fsp3) is 1.00. The van der Waals surface area contributed by atoms with E-state index in [2.05, 4.69) is 34.3 Å². The van der Waals surface area contributed by atoms with Crippen LogP contribution in [0.25, 0.3) is 0 Å². The van der Waals surface area contributed by atoms with E-state index in [1.807, 2.05) is 0 Å². The van der Waals surface area contributed by atoms with Crippen molar-refractivity contribution in [1.82, 2.24) is 0 Å². The second-order valence-electron chi connectivity index (χ2n) is 6.52. The van der Waals surface area contributed by atoms with Crippen molar-refractivity contribution in [2.75, 3.05) is 14.2 Å². The Kier molecular flexibility index (Phi) is 1.63. The zero-order valence-corrected chi connectivity index (χ0v) is 11.2. The zero-order valence-electron chi connectivity index (χ0n) is 11.2. The molecule has 4 rings (SSSR count). The van der Waals surface area contributed by atoms with E-state index in [9.17, 15) is 0 Å². The average Bonchev–Trinajstić information content (AvgIpc) is 2.95. The van der Waals surface area contributed by atoms with Gasteiger partial charge in [0.2, 0.25) is 0 Å². The third kappa shape index (κ3) is 0.862. The molecule has 2 aliphatic heterocycles. The van der Waals surface area contributed by atoms with Crippen LogP contribution in [-0.2, 0) is 9.47 Å². The van der Waals surface area contributed by atoms with E-state index >= 15 is 0 Å². The standard InChI is InChI=1S/C12H18N4O2/c1-9-5-11(17-3)8-7(9)12(18-4,15-13-9)6-10(8,2)14-16-11/h7-8H,5-6H2,1-4H3/t7-,8-,9+,10+,11+,12+/m1/s1. The van der Waals surface area contributed by atoms with E-state index in [-0.39, 0.29) is 22.9 Å². The van der Waals surface area contributed by atoms with Gasteiger partial charge in [-0.3, -0.25) is 0 Å². The molecule has 0 amide bonds. The lowest BCUT2D eigenvalue weighted by molar-refractivity contribution is -0.0589. The van der Waals surface area contributed by atoms with E-state index < -0.39 is 11.4 Å². The summed E-state index contributed by atoms with van der Waals surface area (Å²) >= 11 is 0. The SMILES string of the molecule is CO[C@]12C[C@]3(C)N=N[C@]4(OC)C[C@](C)(N=N1)[C@H]2[C@@H]43. The first-order valence-electron chi connectivity index (χ1n) is 6.42. The van der Waals surface area contributed by atoms with Crippen LogP contribution in [0.1, 0.15) is 26.7 Å². The normalized spacial score (nSPS) is 62.9. The van der Waals surface area contributed by atoms with Crippen LogP contribution in [0.15, 0.2) is 20.5 Å². The summed E-state index contributed by atoms with van der Waals surface area (Å²) in [6.45, 7) is 4.28. The molecule has 18 heavy (non-hydrogen) atoms. The number of hydrogen-bond donors (Lipinski definition) is 0. The Morgan fingerprint density at radius 3 is 1.50 bits per heavy atom. The molecule has 0 aromatic heterocycles. The topological polar surface area (TPSA) is 67.9 Å². The number of methoxy groups -OCH3 is 2. The van der Waals surface area contributed by atoms with Crippen molar-refractivity contribution in [3.05, 3.63) is 0 Å². The molecule has 6 heteroatoms. The van der Waals surface area contributed by atoms with Gasteiger partial charge in [-0.05, 0) is 13.8 Å². The van der Waals surface area contributed by atoms with Crippen molar-refractivity contribution in [2.45, 2.75) is 49.2 Å². The van der Waals surface area contributed by atoms with E-state index in [0.717, 1.165) is 12.8 Å².